The maximum Gasteiger partial charge on any atom is 0.143 e. The summed E-state index contributed by atoms with van der Waals surface area (Å²) in [7, 11) is 0. The van der Waals surface area contributed by atoms with Crippen LogP contribution in [-0.2, 0) is 5.54 Å². The van der Waals surface area contributed by atoms with E-state index in [1.807, 2.05) is 32.0 Å². The van der Waals surface area contributed by atoms with Crippen LogP contribution in [0.3, 0.4) is 0 Å². The Labute approximate surface area is 278 Å². The summed E-state index contributed by atoms with van der Waals surface area (Å²) in [5.41, 5.74) is 26.4. The molecular formula is C44H42N2O. The van der Waals surface area contributed by atoms with E-state index in [9.17, 15) is 0 Å². The predicted molar refractivity (Wildman–Crippen MR) is 202 cm³/mol. The van der Waals surface area contributed by atoms with Crippen molar-refractivity contribution in [1.29, 1.82) is 0 Å². The number of anilines is 1. The van der Waals surface area contributed by atoms with E-state index >= 15 is 0 Å². The van der Waals surface area contributed by atoms with Gasteiger partial charge in [0.05, 0.1) is 5.54 Å². The highest BCUT2D eigenvalue weighted by molar-refractivity contribution is 6.10. The monoisotopic (exact) mass is 614 g/mol. The molecule has 1 aromatic heterocycles. The second-order valence-electron chi connectivity index (χ2n) is 12.1. The molecule has 0 saturated carbocycles. The van der Waals surface area contributed by atoms with Crippen molar-refractivity contribution in [3.63, 3.8) is 0 Å². The molecule has 47 heavy (non-hydrogen) atoms. The Hall–Kier alpha value is -5.38. The SMILES string of the molecule is C/C(=C\c1ccc(-c2ccc(-c3cccc4c3oc3c(C)cccc34)cc2)cc1N)c1cccc(C(C)(N)c2ccccc2)c1.CC. The number of hydrogen-bond acceptors (Lipinski definition) is 3. The van der Waals surface area contributed by atoms with Crippen molar-refractivity contribution in [2.45, 2.75) is 40.2 Å². The van der Waals surface area contributed by atoms with Gasteiger partial charge in [0.2, 0.25) is 0 Å². The summed E-state index contributed by atoms with van der Waals surface area (Å²) in [4.78, 5) is 0. The highest BCUT2D eigenvalue weighted by Gasteiger charge is 2.23. The van der Waals surface area contributed by atoms with Gasteiger partial charge in [-0.2, -0.15) is 0 Å². The Morgan fingerprint density at radius 3 is 1.98 bits per heavy atom. The fourth-order valence-electron chi connectivity index (χ4n) is 6.27. The molecule has 0 saturated heterocycles. The minimum Gasteiger partial charge on any atom is -0.455 e. The molecule has 1 unspecified atom stereocenters. The van der Waals surface area contributed by atoms with Crippen molar-refractivity contribution in [3.05, 3.63) is 161 Å². The molecule has 0 aliphatic rings. The van der Waals surface area contributed by atoms with Crippen LogP contribution in [0.15, 0.2) is 138 Å². The third kappa shape index (κ3) is 6.10. The largest absolute Gasteiger partial charge is 0.455 e. The zero-order valence-electron chi connectivity index (χ0n) is 27.8. The molecule has 234 valence electrons. The first-order valence-corrected chi connectivity index (χ1v) is 16.3. The fraction of sp³-hybridized carbons (Fsp3) is 0.136. The number of nitrogens with two attached hydrogens (primary N) is 2. The molecular weight excluding hydrogens is 572 g/mol. The smallest absolute Gasteiger partial charge is 0.143 e. The number of para-hydroxylation sites is 2. The average Bonchev–Trinajstić information content (AvgIpc) is 3.51. The van der Waals surface area contributed by atoms with Crippen molar-refractivity contribution in [2.75, 3.05) is 5.73 Å². The quantitative estimate of drug-likeness (QED) is 0.145. The summed E-state index contributed by atoms with van der Waals surface area (Å²) in [6.45, 7) is 10.3. The number of fused-ring (bicyclic) bond motifs is 3. The van der Waals surface area contributed by atoms with E-state index < -0.39 is 5.54 Å². The van der Waals surface area contributed by atoms with Gasteiger partial charge in [-0.1, -0.05) is 135 Å². The molecule has 7 rings (SSSR count). The van der Waals surface area contributed by atoms with Gasteiger partial charge in [0, 0.05) is 22.0 Å². The van der Waals surface area contributed by atoms with Crippen LogP contribution in [0.4, 0.5) is 5.69 Å². The minimum atomic E-state index is -0.592. The van der Waals surface area contributed by atoms with Gasteiger partial charge >= 0.3 is 0 Å². The Morgan fingerprint density at radius 2 is 1.26 bits per heavy atom. The molecule has 0 aliphatic heterocycles. The summed E-state index contributed by atoms with van der Waals surface area (Å²) in [6, 6.07) is 46.3. The third-order valence-corrected chi connectivity index (χ3v) is 9.00. The first-order chi connectivity index (χ1) is 22.8. The number of nitrogen functional groups attached to an aromatic ring is 1. The molecule has 0 fully saturated rings. The van der Waals surface area contributed by atoms with E-state index in [4.69, 9.17) is 15.9 Å². The van der Waals surface area contributed by atoms with E-state index in [2.05, 4.69) is 142 Å². The number of hydrogen-bond donors (Lipinski definition) is 2. The summed E-state index contributed by atoms with van der Waals surface area (Å²) in [5.74, 6) is 0. The Kier molecular flexibility index (Phi) is 8.84. The van der Waals surface area contributed by atoms with Crippen LogP contribution in [0.1, 0.15) is 55.5 Å². The maximum atomic E-state index is 6.82. The summed E-state index contributed by atoms with van der Waals surface area (Å²) >= 11 is 0. The molecule has 1 heterocycles. The Morgan fingerprint density at radius 1 is 0.638 bits per heavy atom. The Bertz CT molecular complexity index is 2200. The lowest BCUT2D eigenvalue weighted by atomic mass is 9.84. The average molecular weight is 615 g/mol. The van der Waals surface area contributed by atoms with Crippen LogP contribution in [-0.4, -0.2) is 0 Å². The highest BCUT2D eigenvalue weighted by atomic mass is 16.3. The van der Waals surface area contributed by atoms with Gasteiger partial charge in [0.25, 0.3) is 0 Å². The van der Waals surface area contributed by atoms with Crippen molar-refractivity contribution in [1.82, 2.24) is 0 Å². The highest BCUT2D eigenvalue weighted by Crippen LogP contribution is 2.38. The molecule has 4 N–H and O–H groups in total. The molecule has 0 bridgehead atoms. The van der Waals surface area contributed by atoms with E-state index in [-0.39, 0.29) is 0 Å². The fourth-order valence-corrected chi connectivity index (χ4v) is 6.27. The van der Waals surface area contributed by atoms with Gasteiger partial charge < -0.3 is 15.9 Å². The zero-order valence-corrected chi connectivity index (χ0v) is 27.8. The van der Waals surface area contributed by atoms with Gasteiger partial charge in [-0.3, -0.25) is 0 Å². The molecule has 3 heteroatoms. The van der Waals surface area contributed by atoms with Gasteiger partial charge in [0.1, 0.15) is 11.2 Å². The number of aryl methyl sites for hydroxylation is 1. The lowest BCUT2D eigenvalue weighted by molar-refractivity contribution is 0.603. The summed E-state index contributed by atoms with van der Waals surface area (Å²) in [5, 5.41) is 2.29. The molecule has 0 aliphatic carbocycles. The van der Waals surface area contributed by atoms with Gasteiger partial charge in [-0.05, 0) is 89.1 Å². The van der Waals surface area contributed by atoms with Gasteiger partial charge in [-0.25, -0.2) is 0 Å². The lowest BCUT2D eigenvalue weighted by Gasteiger charge is -2.26. The number of allylic oxidation sites excluding steroid dienone is 1. The Balaban J connectivity index is 0.00000190. The van der Waals surface area contributed by atoms with Gasteiger partial charge in [-0.15, -0.1) is 0 Å². The van der Waals surface area contributed by atoms with E-state index in [0.29, 0.717) is 0 Å². The molecule has 1 atom stereocenters. The van der Waals surface area contributed by atoms with E-state index in [0.717, 1.165) is 83.3 Å². The standard InChI is InChI=1S/C42H36N2O.C2H6/c1-27-10-7-16-37-38-17-9-15-36(41(38)45-40(27)37)30-20-18-29(19-21-30)32-22-23-33(39(43)26-32)24-28(2)31-11-8-14-35(25-31)42(3,44)34-12-5-4-6-13-34;1-2/h4-26H,43-44H2,1-3H3;1-2H3/b28-24+;. The normalized spacial score (nSPS) is 12.9. The first-order valence-electron chi connectivity index (χ1n) is 16.3. The van der Waals surface area contributed by atoms with Crippen LogP contribution in [0, 0.1) is 6.92 Å². The maximum absolute atomic E-state index is 6.82. The predicted octanol–water partition coefficient (Wildman–Crippen LogP) is 11.6. The molecule has 3 nitrogen and oxygen atoms in total. The van der Waals surface area contributed by atoms with Crippen molar-refractivity contribution < 1.29 is 4.42 Å². The van der Waals surface area contributed by atoms with Crippen LogP contribution in [0.5, 0.6) is 0 Å². The molecule has 0 spiro atoms. The van der Waals surface area contributed by atoms with E-state index in [1.165, 1.54) is 0 Å². The lowest BCUT2D eigenvalue weighted by Crippen LogP contribution is -2.34. The van der Waals surface area contributed by atoms with Crippen LogP contribution >= 0.6 is 0 Å². The van der Waals surface area contributed by atoms with Crippen molar-refractivity contribution in [3.8, 4) is 22.3 Å². The van der Waals surface area contributed by atoms with Crippen molar-refractivity contribution >= 4 is 39.3 Å². The van der Waals surface area contributed by atoms with Crippen LogP contribution < -0.4 is 11.5 Å². The third-order valence-electron chi connectivity index (χ3n) is 9.00. The number of rotatable bonds is 6. The number of benzene rings is 6. The van der Waals surface area contributed by atoms with Crippen LogP contribution in [0.25, 0.3) is 55.8 Å². The summed E-state index contributed by atoms with van der Waals surface area (Å²) in [6.07, 6.45) is 2.15. The molecule has 6 aromatic carbocycles. The van der Waals surface area contributed by atoms with Gasteiger partial charge in [0.15, 0.2) is 0 Å². The minimum absolute atomic E-state index is 0.592. The molecule has 7 aromatic rings. The molecule has 0 amide bonds. The zero-order chi connectivity index (χ0) is 33.1. The first kappa shape index (κ1) is 31.6. The summed E-state index contributed by atoms with van der Waals surface area (Å²) < 4.78 is 6.39. The van der Waals surface area contributed by atoms with Crippen LogP contribution in [0.2, 0.25) is 0 Å². The second kappa shape index (κ2) is 13.2. The molecule has 0 radical (unpaired) electrons. The second-order valence-corrected chi connectivity index (χ2v) is 12.1. The van der Waals surface area contributed by atoms with E-state index in [1.54, 1.807) is 0 Å². The topological polar surface area (TPSA) is 65.2 Å². The number of furan rings is 1. The van der Waals surface area contributed by atoms with Crippen molar-refractivity contribution in [2.24, 2.45) is 5.73 Å².